The molecule has 0 aliphatic rings. The summed E-state index contributed by atoms with van der Waals surface area (Å²) < 4.78 is 5.97. The fraction of sp³-hybridized carbons (Fsp3) is 0.667. The summed E-state index contributed by atoms with van der Waals surface area (Å²) >= 11 is 0. The van der Waals surface area contributed by atoms with Crippen molar-refractivity contribution in [1.29, 1.82) is 0 Å². The van der Waals surface area contributed by atoms with Crippen LogP contribution in [0, 0.1) is 26.7 Å². The molecule has 0 bridgehead atoms. The van der Waals surface area contributed by atoms with Crippen molar-refractivity contribution in [3.63, 3.8) is 0 Å². The third-order valence-electron chi connectivity index (χ3n) is 3.67. The third kappa shape index (κ3) is 5.96. The number of benzene rings is 1. The van der Waals surface area contributed by atoms with Crippen LogP contribution in [-0.2, 0) is 0 Å². The lowest BCUT2D eigenvalue weighted by Gasteiger charge is -2.14. The average molecular weight is 277 g/mol. The van der Waals surface area contributed by atoms with E-state index in [1.165, 1.54) is 29.5 Å². The molecule has 1 rings (SSSR count). The number of rotatable bonds is 9. The molecule has 1 aromatic rings. The molecule has 0 aliphatic heterocycles. The van der Waals surface area contributed by atoms with E-state index in [4.69, 9.17) is 4.74 Å². The van der Waals surface area contributed by atoms with Gasteiger partial charge in [0.25, 0.3) is 0 Å². The Morgan fingerprint density at radius 2 is 1.70 bits per heavy atom. The van der Waals surface area contributed by atoms with E-state index in [-0.39, 0.29) is 0 Å². The average Bonchev–Trinajstić information content (AvgIpc) is 2.40. The minimum Gasteiger partial charge on any atom is -0.493 e. The zero-order valence-corrected chi connectivity index (χ0v) is 13.9. The molecule has 1 N–H and O–H groups in total. The number of hydrogen-bond acceptors (Lipinski definition) is 2. The summed E-state index contributed by atoms with van der Waals surface area (Å²) in [7, 11) is 0. The number of aryl methyl sites for hydroxylation is 2. The minimum atomic E-state index is 0.741. The van der Waals surface area contributed by atoms with Gasteiger partial charge in [0.05, 0.1) is 6.61 Å². The van der Waals surface area contributed by atoms with Crippen LogP contribution in [0.3, 0.4) is 0 Å². The Bertz CT molecular complexity index is 399. The van der Waals surface area contributed by atoms with Gasteiger partial charge in [-0.15, -0.1) is 0 Å². The second-order valence-corrected chi connectivity index (χ2v) is 6.16. The highest BCUT2D eigenvalue weighted by Gasteiger charge is 2.05. The molecule has 0 fully saturated rings. The Hall–Kier alpha value is -1.02. The van der Waals surface area contributed by atoms with Gasteiger partial charge in [0, 0.05) is 0 Å². The first-order valence-electron chi connectivity index (χ1n) is 7.92. The van der Waals surface area contributed by atoms with E-state index in [9.17, 15) is 0 Å². The van der Waals surface area contributed by atoms with Crippen LogP contribution in [0.4, 0.5) is 0 Å². The van der Waals surface area contributed by atoms with Crippen LogP contribution < -0.4 is 10.1 Å². The van der Waals surface area contributed by atoms with Crippen molar-refractivity contribution in [2.75, 3.05) is 19.7 Å². The van der Waals surface area contributed by atoms with E-state index in [2.05, 4.69) is 52.1 Å². The molecule has 0 unspecified atom stereocenters. The first-order valence-corrected chi connectivity index (χ1v) is 7.92. The molecule has 0 aliphatic carbocycles. The Labute approximate surface area is 124 Å². The molecule has 0 radical (unpaired) electrons. The molecule has 20 heavy (non-hydrogen) atoms. The normalized spacial score (nSPS) is 11.1. The molecule has 2 heteroatoms. The Balaban J connectivity index is 2.17. The largest absolute Gasteiger partial charge is 0.493 e. The molecule has 114 valence electrons. The van der Waals surface area contributed by atoms with Crippen molar-refractivity contribution in [3.05, 3.63) is 28.8 Å². The molecule has 0 atom stereocenters. The molecular weight excluding hydrogens is 246 g/mol. The zero-order valence-electron chi connectivity index (χ0n) is 13.9. The molecular formula is C18H31NO. The van der Waals surface area contributed by atoms with Crippen molar-refractivity contribution < 1.29 is 4.74 Å². The predicted octanol–water partition coefficient (Wildman–Crippen LogP) is 4.41. The van der Waals surface area contributed by atoms with Gasteiger partial charge in [-0.05, 0) is 75.7 Å². The lowest BCUT2D eigenvalue weighted by molar-refractivity contribution is 0.300. The first kappa shape index (κ1) is 17.0. The summed E-state index contributed by atoms with van der Waals surface area (Å²) in [5.74, 6) is 1.83. The molecule has 0 amide bonds. The molecule has 2 nitrogen and oxygen atoms in total. The lowest BCUT2D eigenvalue weighted by Crippen LogP contribution is -2.20. The maximum Gasteiger partial charge on any atom is 0.125 e. The fourth-order valence-corrected chi connectivity index (χ4v) is 2.24. The summed E-state index contributed by atoms with van der Waals surface area (Å²) in [6.45, 7) is 14.0. The van der Waals surface area contributed by atoms with E-state index in [0.717, 1.165) is 37.8 Å². The molecule has 1 aromatic carbocycles. The van der Waals surface area contributed by atoms with Crippen LogP contribution in [0.1, 0.15) is 49.8 Å². The Kier molecular flexibility index (Phi) is 7.68. The highest BCUT2D eigenvalue weighted by molar-refractivity contribution is 5.44. The number of unbranched alkanes of at least 4 members (excludes halogenated alkanes) is 2. The number of nitrogens with one attached hydrogen (secondary N) is 1. The van der Waals surface area contributed by atoms with Gasteiger partial charge >= 0.3 is 0 Å². The van der Waals surface area contributed by atoms with Gasteiger partial charge in [0.2, 0.25) is 0 Å². The van der Waals surface area contributed by atoms with Crippen LogP contribution in [-0.4, -0.2) is 19.7 Å². The van der Waals surface area contributed by atoms with E-state index in [1.807, 2.05) is 0 Å². The van der Waals surface area contributed by atoms with Gasteiger partial charge in [-0.25, -0.2) is 0 Å². The van der Waals surface area contributed by atoms with Crippen molar-refractivity contribution in [3.8, 4) is 5.75 Å². The SMILES string of the molecule is Cc1ccc(C)c(OCCCCCNCC(C)C)c1C. The quantitative estimate of drug-likeness (QED) is 0.675. The van der Waals surface area contributed by atoms with Crippen molar-refractivity contribution in [2.24, 2.45) is 5.92 Å². The molecule has 0 aromatic heterocycles. The van der Waals surface area contributed by atoms with Crippen molar-refractivity contribution in [1.82, 2.24) is 5.32 Å². The van der Waals surface area contributed by atoms with Crippen LogP contribution in [0.25, 0.3) is 0 Å². The lowest BCUT2D eigenvalue weighted by atomic mass is 10.1. The Morgan fingerprint density at radius 3 is 2.40 bits per heavy atom. The van der Waals surface area contributed by atoms with Gasteiger partial charge in [0.1, 0.15) is 5.75 Å². The van der Waals surface area contributed by atoms with E-state index in [0.29, 0.717) is 0 Å². The van der Waals surface area contributed by atoms with E-state index in [1.54, 1.807) is 0 Å². The van der Waals surface area contributed by atoms with Gasteiger partial charge in [0.15, 0.2) is 0 Å². The van der Waals surface area contributed by atoms with Crippen molar-refractivity contribution in [2.45, 2.75) is 53.9 Å². The topological polar surface area (TPSA) is 21.3 Å². The summed E-state index contributed by atoms with van der Waals surface area (Å²) in [5, 5.41) is 3.48. The van der Waals surface area contributed by atoms with E-state index < -0.39 is 0 Å². The second kappa shape index (κ2) is 9.02. The monoisotopic (exact) mass is 277 g/mol. The van der Waals surface area contributed by atoms with Gasteiger partial charge < -0.3 is 10.1 Å². The van der Waals surface area contributed by atoms with Gasteiger partial charge in [-0.3, -0.25) is 0 Å². The zero-order chi connectivity index (χ0) is 15.0. The van der Waals surface area contributed by atoms with Crippen LogP contribution >= 0.6 is 0 Å². The van der Waals surface area contributed by atoms with Crippen LogP contribution in [0.2, 0.25) is 0 Å². The van der Waals surface area contributed by atoms with E-state index >= 15 is 0 Å². The first-order chi connectivity index (χ1) is 9.52. The maximum absolute atomic E-state index is 5.97. The van der Waals surface area contributed by atoms with Crippen LogP contribution in [0.5, 0.6) is 5.75 Å². The van der Waals surface area contributed by atoms with Gasteiger partial charge in [-0.2, -0.15) is 0 Å². The molecule has 0 heterocycles. The fourth-order valence-electron chi connectivity index (χ4n) is 2.24. The standard InChI is InChI=1S/C18H31NO/c1-14(2)13-19-11-7-6-8-12-20-18-16(4)10-9-15(3)17(18)5/h9-10,14,19H,6-8,11-13H2,1-5H3. The molecule has 0 spiro atoms. The second-order valence-electron chi connectivity index (χ2n) is 6.16. The molecule has 0 saturated carbocycles. The highest BCUT2D eigenvalue weighted by Crippen LogP contribution is 2.25. The van der Waals surface area contributed by atoms with Gasteiger partial charge in [-0.1, -0.05) is 26.0 Å². The number of hydrogen-bond donors (Lipinski definition) is 1. The van der Waals surface area contributed by atoms with Crippen LogP contribution in [0.15, 0.2) is 12.1 Å². The highest BCUT2D eigenvalue weighted by atomic mass is 16.5. The van der Waals surface area contributed by atoms with Crippen molar-refractivity contribution >= 4 is 0 Å². The summed E-state index contributed by atoms with van der Waals surface area (Å²) in [5.41, 5.74) is 3.83. The number of ether oxygens (including phenoxy) is 1. The minimum absolute atomic E-state index is 0.741. The smallest absolute Gasteiger partial charge is 0.125 e. The third-order valence-corrected chi connectivity index (χ3v) is 3.67. The molecule has 0 saturated heterocycles. The predicted molar refractivity (Wildman–Crippen MR) is 87.7 cm³/mol. The maximum atomic E-state index is 5.97. The summed E-state index contributed by atoms with van der Waals surface area (Å²) in [6, 6.07) is 4.31. The summed E-state index contributed by atoms with van der Waals surface area (Å²) in [4.78, 5) is 0. The Morgan fingerprint density at radius 1 is 1.00 bits per heavy atom. The summed E-state index contributed by atoms with van der Waals surface area (Å²) in [6.07, 6.45) is 3.60.